The van der Waals surface area contributed by atoms with E-state index in [1.807, 2.05) is 13.8 Å². The number of aromatic nitrogens is 2. The number of thioether (sulfide) groups is 1. The summed E-state index contributed by atoms with van der Waals surface area (Å²) in [7, 11) is 0. The van der Waals surface area contributed by atoms with E-state index in [0.717, 1.165) is 29.1 Å². The second-order valence-corrected chi connectivity index (χ2v) is 5.56. The maximum atomic E-state index is 8.98. The zero-order valence-electron chi connectivity index (χ0n) is 11.1. The van der Waals surface area contributed by atoms with Crippen LogP contribution in [0.25, 0.3) is 0 Å². The number of hydrogen-bond donors (Lipinski definition) is 2. The Morgan fingerprint density at radius 2 is 2.16 bits per heavy atom. The van der Waals surface area contributed by atoms with Crippen LogP contribution < -0.4 is 5.73 Å². The quantitative estimate of drug-likeness (QED) is 0.364. The summed E-state index contributed by atoms with van der Waals surface area (Å²) >= 11 is 1.58. The van der Waals surface area contributed by atoms with Crippen LogP contribution in [0.3, 0.4) is 0 Å². The summed E-state index contributed by atoms with van der Waals surface area (Å²) in [5.41, 5.74) is 8.45. The SMILES string of the molecule is CCc1nnc(SC2COC2)c(C(N)=NO)c1CC. The molecular formula is C12H18N4O2S. The highest BCUT2D eigenvalue weighted by Crippen LogP contribution is 2.31. The van der Waals surface area contributed by atoms with Crippen molar-refractivity contribution in [3.8, 4) is 0 Å². The molecule has 0 bridgehead atoms. The second kappa shape index (κ2) is 6.21. The minimum Gasteiger partial charge on any atom is -0.409 e. The number of ether oxygens (including phenoxy) is 1. The number of rotatable bonds is 5. The van der Waals surface area contributed by atoms with E-state index in [1.54, 1.807) is 11.8 Å². The minimum absolute atomic E-state index is 0.101. The fourth-order valence-corrected chi connectivity index (χ4v) is 3.07. The third-order valence-electron chi connectivity index (χ3n) is 3.06. The molecule has 1 aromatic heterocycles. The standard InChI is InChI=1S/C12H18N4O2S/c1-3-8-9(4-2)14-15-12(10(8)11(13)16-17)19-7-5-18-6-7/h7,17H,3-6H2,1-2H3,(H2,13,16). The monoisotopic (exact) mass is 282 g/mol. The number of hydrogen-bond acceptors (Lipinski definition) is 6. The summed E-state index contributed by atoms with van der Waals surface area (Å²) in [6, 6.07) is 0. The van der Waals surface area contributed by atoms with Gasteiger partial charge in [0.25, 0.3) is 0 Å². The van der Waals surface area contributed by atoms with Crippen LogP contribution in [0, 0.1) is 0 Å². The Labute approximate surface area is 116 Å². The van der Waals surface area contributed by atoms with E-state index in [4.69, 9.17) is 15.7 Å². The molecule has 0 spiro atoms. The molecule has 0 radical (unpaired) electrons. The fraction of sp³-hybridized carbons (Fsp3) is 0.583. The van der Waals surface area contributed by atoms with Gasteiger partial charge >= 0.3 is 0 Å². The molecule has 1 fully saturated rings. The van der Waals surface area contributed by atoms with Crippen LogP contribution in [0.2, 0.25) is 0 Å². The number of aryl methyl sites for hydroxylation is 1. The number of oxime groups is 1. The molecule has 2 heterocycles. The Bertz CT molecular complexity index is 489. The Morgan fingerprint density at radius 3 is 2.63 bits per heavy atom. The van der Waals surface area contributed by atoms with E-state index in [2.05, 4.69) is 15.4 Å². The van der Waals surface area contributed by atoms with Crippen molar-refractivity contribution < 1.29 is 9.94 Å². The average Bonchev–Trinajstić information content (AvgIpc) is 2.40. The van der Waals surface area contributed by atoms with Crippen LogP contribution in [0.15, 0.2) is 10.2 Å². The molecule has 104 valence electrons. The Morgan fingerprint density at radius 1 is 1.42 bits per heavy atom. The van der Waals surface area contributed by atoms with Crippen molar-refractivity contribution in [1.29, 1.82) is 0 Å². The molecule has 0 saturated carbocycles. The molecule has 0 aliphatic carbocycles. The van der Waals surface area contributed by atoms with Crippen molar-refractivity contribution in [1.82, 2.24) is 10.2 Å². The van der Waals surface area contributed by atoms with Crippen LogP contribution in [0.1, 0.15) is 30.7 Å². The first-order chi connectivity index (χ1) is 9.21. The summed E-state index contributed by atoms with van der Waals surface area (Å²) in [5.74, 6) is 0.101. The van der Waals surface area contributed by atoms with Crippen molar-refractivity contribution in [2.45, 2.75) is 37.0 Å². The summed E-state index contributed by atoms with van der Waals surface area (Å²) in [6.07, 6.45) is 1.55. The molecule has 0 unspecified atom stereocenters. The van der Waals surface area contributed by atoms with Gasteiger partial charge in [0.2, 0.25) is 0 Å². The molecular weight excluding hydrogens is 264 g/mol. The van der Waals surface area contributed by atoms with Crippen molar-refractivity contribution in [3.05, 3.63) is 16.8 Å². The normalized spacial score (nSPS) is 16.4. The molecule has 0 aromatic carbocycles. The summed E-state index contributed by atoms with van der Waals surface area (Å²) in [4.78, 5) is 0. The van der Waals surface area contributed by atoms with Gasteiger partial charge in [0.1, 0.15) is 5.03 Å². The van der Waals surface area contributed by atoms with Crippen molar-refractivity contribution in [3.63, 3.8) is 0 Å². The summed E-state index contributed by atoms with van der Waals surface area (Å²) < 4.78 is 5.16. The van der Waals surface area contributed by atoms with Crippen LogP contribution in [-0.2, 0) is 17.6 Å². The highest BCUT2D eigenvalue weighted by atomic mass is 32.2. The summed E-state index contributed by atoms with van der Waals surface area (Å²) in [5, 5.41) is 21.7. The summed E-state index contributed by atoms with van der Waals surface area (Å²) in [6.45, 7) is 5.47. The van der Waals surface area contributed by atoms with Crippen molar-refractivity contribution in [2.75, 3.05) is 13.2 Å². The number of nitrogens with two attached hydrogens (primary N) is 1. The van der Waals surface area contributed by atoms with E-state index in [9.17, 15) is 0 Å². The van der Waals surface area contributed by atoms with E-state index >= 15 is 0 Å². The first kappa shape index (κ1) is 14.1. The molecule has 0 amide bonds. The van der Waals surface area contributed by atoms with Crippen LogP contribution >= 0.6 is 11.8 Å². The molecule has 2 rings (SSSR count). The zero-order chi connectivity index (χ0) is 13.8. The van der Waals surface area contributed by atoms with Gasteiger partial charge in [-0.25, -0.2) is 0 Å². The number of nitrogens with zero attached hydrogens (tertiary/aromatic N) is 3. The van der Waals surface area contributed by atoms with Crippen LogP contribution in [0.4, 0.5) is 0 Å². The van der Waals surface area contributed by atoms with Crippen molar-refractivity contribution >= 4 is 17.6 Å². The molecule has 6 nitrogen and oxygen atoms in total. The lowest BCUT2D eigenvalue weighted by atomic mass is 10.0. The smallest absolute Gasteiger partial charge is 0.173 e. The van der Waals surface area contributed by atoms with Gasteiger partial charge in [0.05, 0.1) is 29.7 Å². The lowest BCUT2D eigenvalue weighted by Gasteiger charge is -2.25. The lowest BCUT2D eigenvalue weighted by Crippen LogP contribution is -2.31. The maximum absolute atomic E-state index is 8.98. The second-order valence-electron chi connectivity index (χ2n) is 4.28. The van der Waals surface area contributed by atoms with E-state index in [0.29, 0.717) is 24.0 Å². The topological polar surface area (TPSA) is 93.6 Å². The van der Waals surface area contributed by atoms with Gasteiger partial charge in [0, 0.05) is 0 Å². The molecule has 7 heteroatoms. The number of amidine groups is 1. The molecule has 1 aromatic rings. The zero-order valence-corrected chi connectivity index (χ0v) is 11.9. The first-order valence-electron chi connectivity index (χ1n) is 6.31. The van der Waals surface area contributed by atoms with Gasteiger partial charge in [-0.1, -0.05) is 30.8 Å². The van der Waals surface area contributed by atoms with Gasteiger partial charge in [0.15, 0.2) is 5.84 Å². The molecule has 1 aliphatic heterocycles. The van der Waals surface area contributed by atoms with Crippen LogP contribution in [-0.4, -0.2) is 39.7 Å². The van der Waals surface area contributed by atoms with Gasteiger partial charge < -0.3 is 15.7 Å². The van der Waals surface area contributed by atoms with E-state index < -0.39 is 0 Å². The molecule has 19 heavy (non-hydrogen) atoms. The Balaban J connectivity index is 2.45. The molecule has 1 saturated heterocycles. The third kappa shape index (κ3) is 2.82. The average molecular weight is 282 g/mol. The lowest BCUT2D eigenvalue weighted by molar-refractivity contribution is 0.0454. The highest BCUT2D eigenvalue weighted by Gasteiger charge is 2.25. The Hall–Kier alpha value is -1.34. The Kier molecular flexibility index (Phi) is 4.60. The predicted molar refractivity (Wildman–Crippen MR) is 73.8 cm³/mol. The highest BCUT2D eigenvalue weighted by molar-refractivity contribution is 8.00. The van der Waals surface area contributed by atoms with Gasteiger partial charge in [-0.2, -0.15) is 5.10 Å². The predicted octanol–water partition coefficient (Wildman–Crippen LogP) is 1.19. The molecule has 0 atom stereocenters. The minimum atomic E-state index is 0.101. The maximum Gasteiger partial charge on any atom is 0.173 e. The van der Waals surface area contributed by atoms with Gasteiger partial charge in [-0.3, -0.25) is 0 Å². The fourth-order valence-electron chi connectivity index (χ4n) is 1.99. The molecule has 1 aliphatic rings. The van der Waals surface area contributed by atoms with Gasteiger partial charge in [-0.15, -0.1) is 5.10 Å². The first-order valence-corrected chi connectivity index (χ1v) is 7.19. The van der Waals surface area contributed by atoms with Crippen LogP contribution in [0.5, 0.6) is 0 Å². The third-order valence-corrected chi connectivity index (χ3v) is 4.18. The largest absolute Gasteiger partial charge is 0.409 e. The van der Waals surface area contributed by atoms with E-state index in [1.165, 1.54) is 0 Å². The molecule has 3 N–H and O–H groups in total. The van der Waals surface area contributed by atoms with Gasteiger partial charge in [-0.05, 0) is 18.4 Å². The van der Waals surface area contributed by atoms with Crippen molar-refractivity contribution in [2.24, 2.45) is 10.9 Å². The van der Waals surface area contributed by atoms with E-state index in [-0.39, 0.29) is 5.84 Å².